The number of carbonyl (C=O) groups is 2. The van der Waals surface area contributed by atoms with E-state index >= 15 is 0 Å². The van der Waals surface area contributed by atoms with Gasteiger partial charge in [0.25, 0.3) is 5.56 Å². The molecule has 8 nitrogen and oxygen atoms in total. The fraction of sp³-hybridized carbons (Fsp3) is 0.500. The van der Waals surface area contributed by atoms with Crippen LogP contribution in [-0.2, 0) is 35.6 Å². The van der Waals surface area contributed by atoms with Crippen molar-refractivity contribution in [1.82, 2.24) is 19.6 Å². The number of rotatable bonds is 4. The predicted octanol–water partition coefficient (Wildman–Crippen LogP) is 2.73. The third-order valence-corrected chi connectivity index (χ3v) is 6.37. The van der Waals surface area contributed by atoms with Gasteiger partial charge in [-0.25, -0.2) is 9.48 Å². The lowest BCUT2D eigenvalue weighted by molar-refractivity contribution is -0.138. The molecule has 0 aliphatic carbocycles. The van der Waals surface area contributed by atoms with Gasteiger partial charge in [0.15, 0.2) is 0 Å². The van der Waals surface area contributed by atoms with Crippen LogP contribution in [0.1, 0.15) is 49.9 Å². The molecule has 2 atom stereocenters. The number of hydrogen-bond acceptors (Lipinski definition) is 5. The molecule has 0 N–H and O–H groups in total. The molecule has 1 fully saturated rings. The lowest BCUT2D eigenvalue weighted by Gasteiger charge is -2.39. The van der Waals surface area contributed by atoms with E-state index in [2.05, 4.69) is 18.9 Å². The largest absolute Gasteiger partial charge is 0.445 e. The quantitative estimate of drug-likeness (QED) is 0.733. The molecule has 0 bridgehead atoms. The maximum atomic E-state index is 12.9. The van der Waals surface area contributed by atoms with Crippen molar-refractivity contribution < 1.29 is 14.3 Å². The summed E-state index contributed by atoms with van der Waals surface area (Å²) in [6.45, 7) is 5.01. The Bertz CT molecular complexity index is 1030. The van der Waals surface area contributed by atoms with Crippen molar-refractivity contribution in [2.45, 2.75) is 71.3 Å². The molecule has 2 aliphatic heterocycles. The number of aromatic nitrogens is 2. The SMILES string of the molecule is C[C@@H]1CCC[C@@H](C)N1C(=O)Cn1nc2c(cc1=O)CN(C(=O)OCc1ccccc1)CC2. The van der Waals surface area contributed by atoms with E-state index in [9.17, 15) is 14.4 Å². The maximum Gasteiger partial charge on any atom is 0.410 e. The van der Waals surface area contributed by atoms with Crippen LogP contribution in [-0.4, -0.2) is 50.2 Å². The second-order valence-corrected chi connectivity index (χ2v) is 8.75. The zero-order valence-corrected chi connectivity index (χ0v) is 18.7. The van der Waals surface area contributed by atoms with E-state index in [0.717, 1.165) is 30.5 Å². The molecule has 32 heavy (non-hydrogen) atoms. The zero-order chi connectivity index (χ0) is 22.7. The molecule has 8 heteroatoms. The molecule has 1 aromatic heterocycles. The number of piperidine rings is 1. The Hall–Kier alpha value is -3.16. The number of amides is 2. The van der Waals surface area contributed by atoms with Crippen LogP contribution in [0.15, 0.2) is 41.2 Å². The second-order valence-electron chi connectivity index (χ2n) is 8.75. The molecule has 0 unspecified atom stereocenters. The summed E-state index contributed by atoms with van der Waals surface area (Å²) in [7, 11) is 0. The summed E-state index contributed by atoms with van der Waals surface area (Å²) in [5.74, 6) is -0.0684. The van der Waals surface area contributed by atoms with Crippen molar-refractivity contribution in [2.75, 3.05) is 6.54 Å². The van der Waals surface area contributed by atoms with Crippen LogP contribution in [0.2, 0.25) is 0 Å². The average molecular weight is 439 g/mol. The van der Waals surface area contributed by atoms with Gasteiger partial charge in [0, 0.05) is 36.7 Å². The summed E-state index contributed by atoms with van der Waals surface area (Å²) in [4.78, 5) is 41.5. The Morgan fingerprint density at radius 3 is 2.56 bits per heavy atom. The van der Waals surface area contributed by atoms with Crippen LogP contribution >= 0.6 is 0 Å². The number of carbonyl (C=O) groups excluding carboxylic acids is 2. The average Bonchev–Trinajstić information content (AvgIpc) is 2.78. The first kappa shape index (κ1) is 22.0. The maximum absolute atomic E-state index is 12.9. The van der Waals surface area contributed by atoms with E-state index in [4.69, 9.17) is 4.74 Å². The Kier molecular flexibility index (Phi) is 6.58. The highest BCUT2D eigenvalue weighted by atomic mass is 16.6. The lowest BCUT2D eigenvalue weighted by atomic mass is 9.97. The van der Waals surface area contributed by atoms with E-state index in [1.165, 1.54) is 10.7 Å². The number of ether oxygens (including phenoxy) is 1. The van der Waals surface area contributed by atoms with Gasteiger partial charge in [0.1, 0.15) is 13.2 Å². The van der Waals surface area contributed by atoms with Gasteiger partial charge < -0.3 is 14.5 Å². The number of likely N-dealkylation sites (tertiary alicyclic amines) is 1. The highest BCUT2D eigenvalue weighted by Crippen LogP contribution is 2.23. The first-order valence-electron chi connectivity index (χ1n) is 11.3. The summed E-state index contributed by atoms with van der Waals surface area (Å²) in [6, 6.07) is 11.4. The molecule has 1 aromatic carbocycles. The smallest absolute Gasteiger partial charge is 0.410 e. The van der Waals surface area contributed by atoms with Crippen molar-refractivity contribution in [3.63, 3.8) is 0 Å². The molecule has 0 radical (unpaired) electrons. The van der Waals surface area contributed by atoms with E-state index in [1.54, 1.807) is 4.90 Å². The standard InChI is InChI=1S/C24H30N4O4/c1-17-7-6-8-18(2)28(17)23(30)15-27-22(29)13-20-14-26(12-11-21(20)25-27)24(31)32-16-19-9-4-3-5-10-19/h3-5,9-10,13,17-18H,6-8,11-12,14-16H2,1-2H3/t17-,18-/m1/s1. The van der Waals surface area contributed by atoms with Gasteiger partial charge >= 0.3 is 6.09 Å². The van der Waals surface area contributed by atoms with Crippen molar-refractivity contribution in [3.05, 3.63) is 63.6 Å². The van der Waals surface area contributed by atoms with Gasteiger partial charge in [-0.3, -0.25) is 9.59 Å². The Labute approximate surface area is 187 Å². The summed E-state index contributed by atoms with van der Waals surface area (Å²) in [5.41, 5.74) is 2.06. The predicted molar refractivity (Wildman–Crippen MR) is 119 cm³/mol. The molecule has 0 saturated carbocycles. The fourth-order valence-electron chi connectivity index (χ4n) is 4.64. The molecule has 0 spiro atoms. The van der Waals surface area contributed by atoms with Gasteiger partial charge in [0.2, 0.25) is 5.91 Å². The first-order valence-corrected chi connectivity index (χ1v) is 11.3. The molecule has 3 heterocycles. The lowest BCUT2D eigenvalue weighted by Crippen LogP contribution is -2.49. The van der Waals surface area contributed by atoms with Gasteiger partial charge in [-0.1, -0.05) is 30.3 Å². The van der Waals surface area contributed by atoms with Crippen LogP contribution < -0.4 is 5.56 Å². The van der Waals surface area contributed by atoms with Crippen LogP contribution in [0, 0.1) is 0 Å². The minimum absolute atomic E-state index is 0.0520. The number of nitrogens with zero attached hydrogens (tertiary/aromatic N) is 4. The molecule has 2 aliphatic rings. The number of benzene rings is 1. The van der Waals surface area contributed by atoms with Gasteiger partial charge in [-0.05, 0) is 38.7 Å². The fourth-order valence-corrected chi connectivity index (χ4v) is 4.64. The van der Waals surface area contributed by atoms with Crippen LogP contribution in [0.3, 0.4) is 0 Å². The van der Waals surface area contributed by atoms with E-state index in [1.807, 2.05) is 35.2 Å². The minimum atomic E-state index is -0.410. The number of hydrogen-bond donors (Lipinski definition) is 0. The van der Waals surface area contributed by atoms with Crippen molar-refractivity contribution >= 4 is 12.0 Å². The Morgan fingerprint density at radius 1 is 1.12 bits per heavy atom. The monoisotopic (exact) mass is 438 g/mol. The Morgan fingerprint density at radius 2 is 1.84 bits per heavy atom. The van der Waals surface area contributed by atoms with Gasteiger partial charge in [0.05, 0.1) is 12.2 Å². The van der Waals surface area contributed by atoms with E-state index in [-0.39, 0.29) is 43.2 Å². The third kappa shape index (κ3) is 4.84. The van der Waals surface area contributed by atoms with Gasteiger partial charge in [-0.15, -0.1) is 0 Å². The van der Waals surface area contributed by atoms with Crippen LogP contribution in [0.5, 0.6) is 0 Å². The number of fused-ring (bicyclic) bond motifs is 1. The highest BCUT2D eigenvalue weighted by Gasteiger charge is 2.30. The van der Waals surface area contributed by atoms with Crippen LogP contribution in [0.25, 0.3) is 0 Å². The molecule has 1 saturated heterocycles. The van der Waals surface area contributed by atoms with E-state index in [0.29, 0.717) is 18.5 Å². The molecule has 2 aromatic rings. The highest BCUT2D eigenvalue weighted by molar-refractivity contribution is 5.76. The normalized spacial score (nSPS) is 20.6. The Balaban J connectivity index is 1.40. The third-order valence-electron chi connectivity index (χ3n) is 6.37. The minimum Gasteiger partial charge on any atom is -0.445 e. The van der Waals surface area contributed by atoms with Crippen molar-refractivity contribution in [3.8, 4) is 0 Å². The van der Waals surface area contributed by atoms with Crippen molar-refractivity contribution in [2.24, 2.45) is 0 Å². The summed E-state index contributed by atoms with van der Waals surface area (Å²) < 4.78 is 6.67. The van der Waals surface area contributed by atoms with E-state index < -0.39 is 6.09 Å². The summed E-state index contributed by atoms with van der Waals surface area (Å²) in [5, 5.41) is 4.46. The van der Waals surface area contributed by atoms with Gasteiger partial charge in [-0.2, -0.15) is 5.10 Å². The molecule has 170 valence electrons. The molecular weight excluding hydrogens is 408 g/mol. The molecular formula is C24H30N4O4. The summed E-state index contributed by atoms with van der Waals surface area (Å²) >= 11 is 0. The van der Waals surface area contributed by atoms with Crippen LogP contribution in [0.4, 0.5) is 4.79 Å². The topological polar surface area (TPSA) is 84.7 Å². The first-order chi connectivity index (χ1) is 15.4. The summed E-state index contributed by atoms with van der Waals surface area (Å²) in [6.07, 6.45) is 3.19. The zero-order valence-electron chi connectivity index (χ0n) is 18.7. The molecule has 2 amide bonds. The second kappa shape index (κ2) is 9.54. The molecule has 4 rings (SSSR count). The van der Waals surface area contributed by atoms with Crippen molar-refractivity contribution in [1.29, 1.82) is 0 Å².